The standard InChI is InChI=1S/C28H23ClN2O8/c1-36-21-9-5-8-17(27(21)37-14-24(32)33)13-31-26(28(34)35)19(25(30-31)16-6-3-2-4-7-16)10-18-11-22-23(12-20(18)29)39-15-38-22/h2-9,11-12H,10,13-15H2,1H3,(H,32,33)(H,34,35). The molecule has 0 aliphatic carbocycles. The zero-order valence-electron chi connectivity index (χ0n) is 20.7. The van der Waals surface area contributed by atoms with Gasteiger partial charge in [-0.2, -0.15) is 5.10 Å². The summed E-state index contributed by atoms with van der Waals surface area (Å²) in [5.74, 6) is -0.798. The number of nitrogens with zero attached hydrogens (tertiary/aromatic N) is 2. The molecule has 1 aromatic heterocycles. The SMILES string of the molecule is COc1cccc(Cn2nc(-c3ccccc3)c(Cc3cc4c(cc3Cl)OCO4)c2C(=O)O)c1OCC(=O)O. The first-order valence-corrected chi connectivity index (χ1v) is 12.2. The number of ether oxygens (including phenoxy) is 4. The summed E-state index contributed by atoms with van der Waals surface area (Å²) < 4.78 is 23.1. The lowest BCUT2D eigenvalue weighted by Gasteiger charge is -2.15. The number of halogens is 1. The molecule has 0 bridgehead atoms. The van der Waals surface area contributed by atoms with Gasteiger partial charge in [-0.25, -0.2) is 9.59 Å². The molecule has 3 aromatic carbocycles. The van der Waals surface area contributed by atoms with Crippen molar-refractivity contribution in [2.75, 3.05) is 20.5 Å². The monoisotopic (exact) mass is 550 g/mol. The fourth-order valence-electron chi connectivity index (χ4n) is 4.44. The van der Waals surface area contributed by atoms with Crippen LogP contribution in [0.1, 0.15) is 27.2 Å². The number of aromatic nitrogens is 2. The maximum atomic E-state index is 12.7. The number of hydrogen-bond donors (Lipinski definition) is 2. The number of rotatable bonds is 10. The number of hydrogen-bond acceptors (Lipinski definition) is 7. The van der Waals surface area contributed by atoms with E-state index >= 15 is 0 Å². The smallest absolute Gasteiger partial charge is 0.354 e. The highest BCUT2D eigenvalue weighted by molar-refractivity contribution is 6.31. The summed E-state index contributed by atoms with van der Waals surface area (Å²) in [6.07, 6.45) is 0.155. The highest BCUT2D eigenvalue weighted by Gasteiger charge is 2.27. The quantitative estimate of drug-likeness (QED) is 0.287. The molecule has 10 nitrogen and oxygen atoms in total. The minimum absolute atomic E-state index is 0.0253. The van der Waals surface area contributed by atoms with Crippen LogP contribution < -0.4 is 18.9 Å². The zero-order valence-corrected chi connectivity index (χ0v) is 21.5. The molecule has 0 spiro atoms. The third-order valence-corrected chi connectivity index (χ3v) is 6.50. The Balaban J connectivity index is 1.63. The molecule has 5 rings (SSSR count). The van der Waals surface area contributed by atoms with E-state index in [4.69, 9.17) is 40.8 Å². The maximum Gasteiger partial charge on any atom is 0.354 e. The molecule has 1 aliphatic rings. The number of benzene rings is 3. The van der Waals surface area contributed by atoms with Gasteiger partial charge in [-0.15, -0.1) is 0 Å². The van der Waals surface area contributed by atoms with Crippen LogP contribution in [-0.4, -0.2) is 52.4 Å². The number of para-hydroxylation sites is 1. The first-order valence-electron chi connectivity index (χ1n) is 11.8. The van der Waals surface area contributed by atoms with Crippen LogP contribution in [0.2, 0.25) is 5.02 Å². The van der Waals surface area contributed by atoms with E-state index in [9.17, 15) is 14.7 Å². The van der Waals surface area contributed by atoms with Gasteiger partial charge in [0.2, 0.25) is 6.79 Å². The van der Waals surface area contributed by atoms with Gasteiger partial charge >= 0.3 is 11.9 Å². The topological polar surface area (TPSA) is 129 Å². The number of carboxylic acids is 2. The Bertz CT molecular complexity index is 1550. The largest absolute Gasteiger partial charge is 0.493 e. The number of aliphatic carboxylic acids is 1. The molecule has 0 saturated carbocycles. The van der Waals surface area contributed by atoms with Gasteiger partial charge in [0, 0.05) is 34.2 Å². The minimum Gasteiger partial charge on any atom is -0.493 e. The number of fused-ring (bicyclic) bond motifs is 1. The van der Waals surface area contributed by atoms with E-state index in [0.29, 0.717) is 44.7 Å². The summed E-state index contributed by atoms with van der Waals surface area (Å²) in [7, 11) is 1.43. The van der Waals surface area contributed by atoms with Gasteiger partial charge in [0.25, 0.3) is 0 Å². The van der Waals surface area contributed by atoms with Crippen LogP contribution in [0.5, 0.6) is 23.0 Å². The van der Waals surface area contributed by atoms with E-state index in [2.05, 4.69) is 0 Å². The molecule has 2 heterocycles. The van der Waals surface area contributed by atoms with Gasteiger partial charge in [-0.1, -0.05) is 54.1 Å². The summed E-state index contributed by atoms with van der Waals surface area (Å²) >= 11 is 6.55. The lowest BCUT2D eigenvalue weighted by molar-refractivity contribution is -0.139. The Hall–Kier alpha value is -4.70. The van der Waals surface area contributed by atoms with Crippen LogP contribution >= 0.6 is 11.6 Å². The first-order chi connectivity index (χ1) is 18.9. The lowest BCUT2D eigenvalue weighted by atomic mass is 9.98. The van der Waals surface area contributed by atoms with Gasteiger partial charge in [0.1, 0.15) is 0 Å². The molecule has 2 N–H and O–H groups in total. The van der Waals surface area contributed by atoms with Crippen molar-refractivity contribution in [3.05, 3.63) is 88.1 Å². The van der Waals surface area contributed by atoms with Crippen LogP contribution in [0.4, 0.5) is 0 Å². The van der Waals surface area contributed by atoms with Crippen LogP contribution in [-0.2, 0) is 17.8 Å². The Labute approximate surface area is 227 Å². The van der Waals surface area contributed by atoms with Gasteiger partial charge < -0.3 is 29.2 Å². The van der Waals surface area contributed by atoms with Crippen LogP contribution in [0, 0.1) is 0 Å². The molecular weight excluding hydrogens is 528 g/mol. The highest BCUT2D eigenvalue weighted by Crippen LogP contribution is 2.39. The molecule has 0 saturated heterocycles. The predicted molar refractivity (Wildman–Crippen MR) is 140 cm³/mol. The molecule has 0 radical (unpaired) electrons. The second-order valence-electron chi connectivity index (χ2n) is 8.61. The Morgan fingerprint density at radius 1 is 1.03 bits per heavy atom. The minimum atomic E-state index is -1.19. The van der Waals surface area contributed by atoms with Crippen molar-refractivity contribution < 1.29 is 38.7 Å². The third kappa shape index (κ3) is 5.32. The molecule has 4 aromatic rings. The van der Waals surface area contributed by atoms with Gasteiger partial charge in [-0.05, 0) is 17.7 Å². The summed E-state index contributed by atoms with van der Waals surface area (Å²) in [6.45, 7) is -0.542. The second kappa shape index (κ2) is 11.0. The molecule has 0 atom stereocenters. The Morgan fingerprint density at radius 3 is 2.46 bits per heavy atom. The van der Waals surface area contributed by atoms with E-state index in [1.807, 2.05) is 30.3 Å². The fraction of sp³-hybridized carbons (Fsp3) is 0.179. The van der Waals surface area contributed by atoms with Crippen molar-refractivity contribution in [2.24, 2.45) is 0 Å². The average molecular weight is 551 g/mol. The van der Waals surface area contributed by atoms with E-state index < -0.39 is 18.5 Å². The van der Waals surface area contributed by atoms with E-state index in [1.165, 1.54) is 11.8 Å². The van der Waals surface area contributed by atoms with E-state index in [0.717, 1.165) is 5.56 Å². The zero-order chi connectivity index (χ0) is 27.5. The molecule has 0 amide bonds. The first kappa shape index (κ1) is 25.9. The summed E-state index contributed by atoms with van der Waals surface area (Å²) in [6, 6.07) is 17.6. The fourth-order valence-corrected chi connectivity index (χ4v) is 4.66. The van der Waals surface area contributed by atoms with Gasteiger partial charge in [-0.3, -0.25) is 4.68 Å². The van der Waals surface area contributed by atoms with Crippen LogP contribution in [0.25, 0.3) is 11.3 Å². The van der Waals surface area contributed by atoms with Crippen molar-refractivity contribution in [3.8, 4) is 34.3 Å². The molecule has 0 fully saturated rings. The summed E-state index contributed by atoms with van der Waals surface area (Å²) in [5, 5.41) is 24.6. The third-order valence-electron chi connectivity index (χ3n) is 6.15. The highest BCUT2D eigenvalue weighted by atomic mass is 35.5. The van der Waals surface area contributed by atoms with Crippen LogP contribution in [0.3, 0.4) is 0 Å². The van der Waals surface area contributed by atoms with E-state index in [1.54, 1.807) is 30.3 Å². The van der Waals surface area contributed by atoms with Gasteiger partial charge in [0.05, 0.1) is 19.3 Å². The molecule has 200 valence electrons. The Morgan fingerprint density at radius 2 is 1.77 bits per heavy atom. The number of aromatic carboxylic acids is 1. The van der Waals surface area contributed by atoms with Crippen molar-refractivity contribution in [2.45, 2.75) is 13.0 Å². The molecule has 39 heavy (non-hydrogen) atoms. The number of carbonyl (C=O) groups is 2. The van der Waals surface area contributed by atoms with Crippen molar-refractivity contribution >= 4 is 23.5 Å². The maximum absolute atomic E-state index is 12.7. The van der Waals surface area contributed by atoms with Crippen molar-refractivity contribution in [1.82, 2.24) is 9.78 Å². The van der Waals surface area contributed by atoms with Crippen LogP contribution in [0.15, 0.2) is 60.7 Å². The number of methoxy groups -OCH3 is 1. The van der Waals surface area contributed by atoms with Gasteiger partial charge in [0.15, 0.2) is 35.3 Å². The number of carboxylic acid groups (broad SMARTS) is 2. The van der Waals surface area contributed by atoms with Crippen molar-refractivity contribution in [1.29, 1.82) is 0 Å². The molecular formula is C28H23ClN2O8. The Kier molecular flexibility index (Phi) is 7.29. The second-order valence-corrected chi connectivity index (χ2v) is 9.02. The lowest BCUT2D eigenvalue weighted by Crippen LogP contribution is -2.15. The summed E-state index contributed by atoms with van der Waals surface area (Å²) in [4.78, 5) is 23.9. The molecule has 1 aliphatic heterocycles. The average Bonchev–Trinajstić information content (AvgIpc) is 3.52. The summed E-state index contributed by atoms with van der Waals surface area (Å²) in [5.41, 5.74) is 2.73. The van der Waals surface area contributed by atoms with E-state index in [-0.39, 0.29) is 31.2 Å². The molecule has 11 heteroatoms. The normalized spacial score (nSPS) is 11.8. The van der Waals surface area contributed by atoms with Crippen molar-refractivity contribution in [3.63, 3.8) is 0 Å². The predicted octanol–water partition coefficient (Wildman–Crippen LogP) is 4.74. The molecule has 0 unspecified atom stereocenters.